The summed E-state index contributed by atoms with van der Waals surface area (Å²) in [6.07, 6.45) is 4.38. The monoisotopic (exact) mass is 293 g/mol. The van der Waals surface area contributed by atoms with E-state index in [1.165, 1.54) is 0 Å². The Morgan fingerprint density at radius 3 is 2.50 bits per heavy atom. The maximum absolute atomic E-state index is 6.35. The fraction of sp³-hybridized carbons (Fsp3) is 0.500. The van der Waals surface area contributed by atoms with Crippen LogP contribution in [0.25, 0.3) is 0 Å². The van der Waals surface area contributed by atoms with Gasteiger partial charge in [-0.3, -0.25) is 4.68 Å². The first-order valence-electron chi connectivity index (χ1n) is 6.74. The molecule has 2 rings (SSSR count). The highest BCUT2D eigenvalue weighted by molar-refractivity contribution is 6.31. The topological polar surface area (TPSA) is 55.6 Å². The summed E-state index contributed by atoms with van der Waals surface area (Å²) in [4.78, 5) is 8.78. The first-order valence-corrected chi connectivity index (χ1v) is 7.12. The molecule has 0 amide bonds. The van der Waals surface area contributed by atoms with Gasteiger partial charge in [0.05, 0.1) is 22.5 Å². The molecule has 6 heteroatoms. The van der Waals surface area contributed by atoms with Gasteiger partial charge >= 0.3 is 0 Å². The summed E-state index contributed by atoms with van der Waals surface area (Å²) < 4.78 is 1.94. The molecule has 0 aliphatic heterocycles. The minimum atomic E-state index is 0.0227. The number of hydrogen-bond acceptors (Lipinski definition) is 4. The van der Waals surface area contributed by atoms with Crippen LogP contribution in [0.1, 0.15) is 35.7 Å². The molecule has 1 atom stereocenters. The summed E-state index contributed by atoms with van der Waals surface area (Å²) in [5.74, 6) is 0.774. The van der Waals surface area contributed by atoms with Crippen molar-refractivity contribution < 1.29 is 0 Å². The molecule has 1 N–H and O–H groups in total. The standard InChI is InChI=1S/C14H20ClN5/c1-5-20-12(13(15)10(3)19-20)6-11(16-4)14-17-7-9(2)8-18-14/h7-8,11,16H,5-6H2,1-4H3. The second-order valence-corrected chi connectivity index (χ2v) is 5.20. The molecular formula is C14H20ClN5. The quantitative estimate of drug-likeness (QED) is 0.920. The van der Waals surface area contributed by atoms with Crippen LogP contribution in [-0.2, 0) is 13.0 Å². The van der Waals surface area contributed by atoms with Crippen LogP contribution in [0.3, 0.4) is 0 Å². The van der Waals surface area contributed by atoms with Gasteiger partial charge in [-0.2, -0.15) is 5.10 Å². The van der Waals surface area contributed by atoms with Crippen molar-refractivity contribution in [3.63, 3.8) is 0 Å². The van der Waals surface area contributed by atoms with E-state index in [0.29, 0.717) is 6.42 Å². The highest BCUT2D eigenvalue weighted by atomic mass is 35.5. The van der Waals surface area contributed by atoms with Crippen LogP contribution >= 0.6 is 11.6 Å². The summed E-state index contributed by atoms with van der Waals surface area (Å²) in [5, 5.41) is 8.42. The summed E-state index contributed by atoms with van der Waals surface area (Å²) in [7, 11) is 1.90. The second-order valence-electron chi connectivity index (χ2n) is 4.83. The molecule has 0 fully saturated rings. The van der Waals surface area contributed by atoms with Crippen molar-refractivity contribution in [2.75, 3.05) is 7.05 Å². The molecule has 0 aromatic carbocycles. The van der Waals surface area contributed by atoms with Crippen LogP contribution in [0.4, 0.5) is 0 Å². The Morgan fingerprint density at radius 2 is 1.95 bits per heavy atom. The van der Waals surface area contributed by atoms with E-state index in [0.717, 1.165) is 34.3 Å². The van der Waals surface area contributed by atoms with E-state index >= 15 is 0 Å². The van der Waals surface area contributed by atoms with Gasteiger partial charge in [-0.05, 0) is 33.4 Å². The third-order valence-electron chi connectivity index (χ3n) is 3.31. The lowest BCUT2D eigenvalue weighted by molar-refractivity contribution is 0.519. The minimum Gasteiger partial charge on any atom is -0.310 e. The molecule has 20 heavy (non-hydrogen) atoms. The average Bonchev–Trinajstić information content (AvgIpc) is 2.73. The van der Waals surface area contributed by atoms with Gasteiger partial charge in [0.15, 0.2) is 0 Å². The number of aryl methyl sites for hydroxylation is 3. The molecule has 2 heterocycles. The molecule has 0 radical (unpaired) electrons. The number of rotatable bonds is 5. The molecule has 0 saturated carbocycles. The number of nitrogens with one attached hydrogen (secondary N) is 1. The largest absolute Gasteiger partial charge is 0.310 e. The lowest BCUT2D eigenvalue weighted by Gasteiger charge is -2.15. The molecule has 1 unspecified atom stereocenters. The number of nitrogens with zero attached hydrogens (tertiary/aromatic N) is 4. The molecule has 0 bridgehead atoms. The van der Waals surface area contributed by atoms with Crippen LogP contribution in [0.2, 0.25) is 5.02 Å². The van der Waals surface area contributed by atoms with Crippen LogP contribution in [0.15, 0.2) is 12.4 Å². The van der Waals surface area contributed by atoms with Gasteiger partial charge in [0.25, 0.3) is 0 Å². The normalized spacial score (nSPS) is 12.7. The number of hydrogen-bond donors (Lipinski definition) is 1. The van der Waals surface area contributed by atoms with Gasteiger partial charge in [0.2, 0.25) is 0 Å². The molecule has 0 saturated heterocycles. The van der Waals surface area contributed by atoms with Gasteiger partial charge < -0.3 is 5.32 Å². The van der Waals surface area contributed by atoms with E-state index in [2.05, 4.69) is 27.3 Å². The van der Waals surface area contributed by atoms with Crippen molar-refractivity contribution in [1.29, 1.82) is 0 Å². The van der Waals surface area contributed by atoms with Crippen molar-refractivity contribution in [1.82, 2.24) is 25.1 Å². The Morgan fingerprint density at radius 1 is 1.30 bits per heavy atom. The molecule has 0 aliphatic carbocycles. The van der Waals surface area contributed by atoms with E-state index in [-0.39, 0.29) is 6.04 Å². The Kier molecular flexibility index (Phi) is 4.73. The maximum atomic E-state index is 6.35. The zero-order valence-corrected chi connectivity index (χ0v) is 13.1. The lowest BCUT2D eigenvalue weighted by Crippen LogP contribution is -2.23. The fourth-order valence-corrected chi connectivity index (χ4v) is 2.37. The van der Waals surface area contributed by atoms with E-state index < -0.39 is 0 Å². The molecule has 108 valence electrons. The minimum absolute atomic E-state index is 0.0227. The van der Waals surface area contributed by atoms with Crippen LogP contribution < -0.4 is 5.32 Å². The van der Waals surface area contributed by atoms with Crippen LogP contribution in [-0.4, -0.2) is 26.8 Å². The van der Waals surface area contributed by atoms with E-state index in [4.69, 9.17) is 11.6 Å². The van der Waals surface area contributed by atoms with Crippen molar-refractivity contribution in [2.24, 2.45) is 0 Å². The highest BCUT2D eigenvalue weighted by Crippen LogP contribution is 2.24. The van der Waals surface area contributed by atoms with Gasteiger partial charge in [-0.1, -0.05) is 11.6 Å². The third-order valence-corrected chi connectivity index (χ3v) is 3.80. The van der Waals surface area contributed by atoms with E-state index in [1.807, 2.05) is 38.0 Å². The average molecular weight is 294 g/mol. The molecule has 2 aromatic heterocycles. The zero-order chi connectivity index (χ0) is 14.7. The number of aromatic nitrogens is 4. The number of likely N-dealkylation sites (N-methyl/N-ethyl adjacent to an activating group) is 1. The molecular weight excluding hydrogens is 274 g/mol. The first-order chi connectivity index (χ1) is 9.56. The Balaban J connectivity index is 2.28. The Hall–Kier alpha value is -1.46. The molecule has 0 spiro atoms. The Labute approximate surface area is 124 Å². The molecule has 0 aliphatic rings. The van der Waals surface area contributed by atoms with Crippen LogP contribution in [0, 0.1) is 13.8 Å². The van der Waals surface area contributed by atoms with Gasteiger partial charge in [-0.15, -0.1) is 0 Å². The third kappa shape index (κ3) is 2.99. The second kappa shape index (κ2) is 6.33. The molecule has 2 aromatic rings. The van der Waals surface area contributed by atoms with E-state index in [9.17, 15) is 0 Å². The van der Waals surface area contributed by atoms with Crippen molar-refractivity contribution >= 4 is 11.6 Å². The van der Waals surface area contributed by atoms with Crippen molar-refractivity contribution in [3.8, 4) is 0 Å². The van der Waals surface area contributed by atoms with Crippen molar-refractivity contribution in [3.05, 3.63) is 40.2 Å². The summed E-state index contributed by atoms with van der Waals surface area (Å²) >= 11 is 6.35. The van der Waals surface area contributed by atoms with Gasteiger partial charge in [0.1, 0.15) is 5.82 Å². The van der Waals surface area contributed by atoms with E-state index in [1.54, 1.807) is 0 Å². The number of halogens is 1. The van der Waals surface area contributed by atoms with Crippen molar-refractivity contribution in [2.45, 2.75) is 39.8 Å². The fourth-order valence-electron chi connectivity index (χ4n) is 2.16. The summed E-state index contributed by atoms with van der Waals surface area (Å²) in [5.41, 5.74) is 2.94. The summed E-state index contributed by atoms with van der Waals surface area (Å²) in [6.45, 7) is 6.76. The maximum Gasteiger partial charge on any atom is 0.145 e. The first kappa shape index (κ1) is 14.9. The predicted octanol–water partition coefficient (Wildman–Crippen LogP) is 2.47. The SMILES string of the molecule is CCn1nc(C)c(Cl)c1CC(NC)c1ncc(C)cn1. The Bertz CT molecular complexity index is 576. The van der Waals surface area contributed by atoms with Gasteiger partial charge in [-0.25, -0.2) is 9.97 Å². The van der Waals surface area contributed by atoms with Gasteiger partial charge in [0, 0.05) is 25.4 Å². The predicted molar refractivity (Wildman–Crippen MR) is 79.9 cm³/mol. The highest BCUT2D eigenvalue weighted by Gasteiger charge is 2.19. The van der Waals surface area contributed by atoms with Crippen LogP contribution in [0.5, 0.6) is 0 Å². The lowest BCUT2D eigenvalue weighted by atomic mass is 10.1. The zero-order valence-electron chi connectivity index (χ0n) is 12.3. The summed E-state index contributed by atoms with van der Waals surface area (Å²) in [6, 6.07) is 0.0227. The molecule has 5 nitrogen and oxygen atoms in total. The smallest absolute Gasteiger partial charge is 0.145 e.